The Hall–Kier alpha value is 0.350. The van der Waals surface area contributed by atoms with Crippen LogP contribution in [0.4, 0.5) is 0 Å². The van der Waals surface area contributed by atoms with Crippen molar-refractivity contribution in [3.05, 3.63) is 0 Å². The second-order valence-electron chi connectivity index (χ2n) is 4.56. The van der Waals surface area contributed by atoms with Gasteiger partial charge in [-0.3, -0.25) is 0 Å². The lowest BCUT2D eigenvalue weighted by atomic mass is 9.86. The highest BCUT2D eigenvalue weighted by molar-refractivity contribution is 8.00. The molecule has 78 valence electrons. The van der Waals surface area contributed by atoms with Crippen LogP contribution in [0.2, 0.25) is 0 Å². The fourth-order valence-electron chi connectivity index (χ4n) is 2.40. The van der Waals surface area contributed by atoms with Crippen molar-refractivity contribution in [2.24, 2.45) is 5.92 Å². The zero-order valence-corrected chi connectivity index (χ0v) is 10.2. The van der Waals surface area contributed by atoms with Gasteiger partial charge in [0.1, 0.15) is 0 Å². The van der Waals surface area contributed by atoms with Crippen LogP contribution in [0.3, 0.4) is 0 Å². The normalized spacial score (nSPS) is 29.5. The first kappa shape index (κ1) is 11.4. The van der Waals surface area contributed by atoms with Gasteiger partial charge in [0.15, 0.2) is 0 Å². The first-order chi connectivity index (χ1) is 6.24. The van der Waals surface area contributed by atoms with Gasteiger partial charge in [0.2, 0.25) is 0 Å². The molecule has 13 heavy (non-hydrogen) atoms. The van der Waals surface area contributed by atoms with Gasteiger partial charge in [-0.2, -0.15) is 11.8 Å². The smallest absolute Gasteiger partial charge is 0.00778 e. The molecule has 0 N–H and O–H groups in total. The van der Waals surface area contributed by atoms with Gasteiger partial charge in [-0.1, -0.05) is 40.0 Å². The lowest BCUT2D eigenvalue weighted by molar-refractivity contribution is 0.347. The van der Waals surface area contributed by atoms with E-state index in [0.717, 1.165) is 16.4 Å². The van der Waals surface area contributed by atoms with Crippen molar-refractivity contribution in [1.82, 2.24) is 0 Å². The fraction of sp³-hybridized carbons (Fsp3) is 1.00. The summed E-state index contributed by atoms with van der Waals surface area (Å²) >= 11 is 2.22. The molecule has 1 heteroatoms. The molecule has 1 saturated carbocycles. The van der Waals surface area contributed by atoms with Crippen LogP contribution in [0, 0.1) is 5.92 Å². The largest absolute Gasteiger partial charge is 0.155 e. The van der Waals surface area contributed by atoms with Crippen molar-refractivity contribution >= 4 is 11.8 Å². The van der Waals surface area contributed by atoms with Gasteiger partial charge in [0, 0.05) is 5.25 Å². The van der Waals surface area contributed by atoms with Crippen LogP contribution in [-0.4, -0.2) is 10.5 Å². The van der Waals surface area contributed by atoms with Crippen LogP contribution >= 0.6 is 11.8 Å². The Balaban J connectivity index is 2.36. The molecule has 0 bridgehead atoms. The van der Waals surface area contributed by atoms with E-state index >= 15 is 0 Å². The molecule has 0 aromatic heterocycles. The number of rotatable bonds is 4. The average molecular weight is 200 g/mol. The summed E-state index contributed by atoms with van der Waals surface area (Å²) in [5.74, 6) is 1.03. The predicted molar refractivity (Wildman–Crippen MR) is 63.4 cm³/mol. The number of thioether (sulfide) groups is 1. The number of hydrogen-bond donors (Lipinski definition) is 0. The maximum atomic E-state index is 2.34. The molecule has 0 heterocycles. The minimum absolute atomic E-state index is 0.822. The summed E-state index contributed by atoms with van der Waals surface area (Å²) in [6.45, 7) is 7.00. The highest BCUT2D eigenvalue weighted by Gasteiger charge is 2.25. The highest BCUT2D eigenvalue weighted by atomic mass is 32.2. The van der Waals surface area contributed by atoms with Crippen molar-refractivity contribution in [1.29, 1.82) is 0 Å². The standard InChI is InChI=1S/C12H24S/c1-4-7-11-8-5-6-9-12(11)13-10(2)3/h10-12H,4-9H2,1-3H3. The molecule has 2 atom stereocenters. The molecule has 0 amide bonds. The third-order valence-corrected chi connectivity index (χ3v) is 4.46. The Bertz CT molecular complexity index is 129. The zero-order chi connectivity index (χ0) is 9.68. The summed E-state index contributed by atoms with van der Waals surface area (Å²) in [6, 6.07) is 0. The summed E-state index contributed by atoms with van der Waals surface area (Å²) in [5, 5.41) is 1.80. The van der Waals surface area contributed by atoms with Gasteiger partial charge in [-0.25, -0.2) is 0 Å². The van der Waals surface area contributed by atoms with Crippen LogP contribution in [-0.2, 0) is 0 Å². The third-order valence-electron chi connectivity index (χ3n) is 2.95. The van der Waals surface area contributed by atoms with Gasteiger partial charge in [-0.15, -0.1) is 0 Å². The molecular formula is C12H24S. The van der Waals surface area contributed by atoms with Crippen LogP contribution in [0.25, 0.3) is 0 Å². The topological polar surface area (TPSA) is 0 Å². The Labute approximate surface area is 87.9 Å². The van der Waals surface area contributed by atoms with Crippen molar-refractivity contribution in [2.45, 2.75) is 69.8 Å². The molecule has 0 radical (unpaired) electrons. The highest BCUT2D eigenvalue weighted by Crippen LogP contribution is 2.37. The number of hydrogen-bond acceptors (Lipinski definition) is 1. The first-order valence-electron chi connectivity index (χ1n) is 5.89. The molecule has 2 unspecified atom stereocenters. The van der Waals surface area contributed by atoms with Gasteiger partial charge >= 0.3 is 0 Å². The lowest BCUT2D eigenvalue weighted by Gasteiger charge is -2.32. The maximum absolute atomic E-state index is 2.34. The lowest BCUT2D eigenvalue weighted by Crippen LogP contribution is -2.23. The zero-order valence-electron chi connectivity index (χ0n) is 9.38. The quantitative estimate of drug-likeness (QED) is 0.644. The van der Waals surface area contributed by atoms with E-state index in [4.69, 9.17) is 0 Å². The monoisotopic (exact) mass is 200 g/mol. The molecule has 0 aromatic carbocycles. The summed E-state index contributed by atoms with van der Waals surface area (Å²) in [6.07, 6.45) is 8.78. The fourth-order valence-corrected chi connectivity index (χ4v) is 3.90. The van der Waals surface area contributed by atoms with E-state index in [0.29, 0.717) is 0 Å². The summed E-state index contributed by atoms with van der Waals surface area (Å²) in [5.41, 5.74) is 0. The van der Waals surface area contributed by atoms with Crippen LogP contribution in [0.15, 0.2) is 0 Å². The van der Waals surface area contributed by atoms with E-state index in [1.165, 1.54) is 38.5 Å². The van der Waals surface area contributed by atoms with E-state index < -0.39 is 0 Å². The molecule has 1 rings (SSSR count). The molecular weight excluding hydrogens is 176 g/mol. The van der Waals surface area contributed by atoms with Gasteiger partial charge in [0.25, 0.3) is 0 Å². The second kappa shape index (κ2) is 5.95. The van der Waals surface area contributed by atoms with E-state index in [1.54, 1.807) is 0 Å². The maximum Gasteiger partial charge on any atom is 0.00778 e. The van der Waals surface area contributed by atoms with Crippen molar-refractivity contribution in [3.63, 3.8) is 0 Å². The molecule has 0 aromatic rings. The minimum atomic E-state index is 0.822. The molecule has 0 aliphatic heterocycles. The van der Waals surface area contributed by atoms with E-state index in [1.807, 2.05) is 0 Å². The Morgan fingerprint density at radius 2 is 1.92 bits per heavy atom. The Kier molecular flexibility index (Phi) is 5.23. The molecule has 1 fully saturated rings. The Morgan fingerprint density at radius 1 is 1.23 bits per heavy atom. The summed E-state index contributed by atoms with van der Waals surface area (Å²) in [7, 11) is 0. The summed E-state index contributed by atoms with van der Waals surface area (Å²) in [4.78, 5) is 0. The molecule has 1 aliphatic rings. The van der Waals surface area contributed by atoms with Crippen LogP contribution in [0.1, 0.15) is 59.3 Å². The van der Waals surface area contributed by atoms with Crippen LogP contribution < -0.4 is 0 Å². The predicted octanol–water partition coefficient (Wildman–Crippen LogP) is 4.49. The average Bonchev–Trinajstić information content (AvgIpc) is 2.08. The molecule has 0 saturated heterocycles. The van der Waals surface area contributed by atoms with Gasteiger partial charge < -0.3 is 0 Å². The minimum Gasteiger partial charge on any atom is -0.155 e. The van der Waals surface area contributed by atoms with E-state index in [9.17, 15) is 0 Å². The SMILES string of the molecule is CCCC1CCCCC1SC(C)C. The van der Waals surface area contributed by atoms with Gasteiger partial charge in [0.05, 0.1) is 0 Å². The van der Waals surface area contributed by atoms with Crippen molar-refractivity contribution in [2.75, 3.05) is 0 Å². The van der Waals surface area contributed by atoms with E-state index in [2.05, 4.69) is 32.5 Å². The van der Waals surface area contributed by atoms with E-state index in [-0.39, 0.29) is 0 Å². The second-order valence-corrected chi connectivity index (χ2v) is 6.38. The Morgan fingerprint density at radius 3 is 2.54 bits per heavy atom. The first-order valence-corrected chi connectivity index (χ1v) is 6.83. The van der Waals surface area contributed by atoms with Gasteiger partial charge in [-0.05, 0) is 30.4 Å². The molecule has 0 spiro atoms. The van der Waals surface area contributed by atoms with Crippen molar-refractivity contribution in [3.8, 4) is 0 Å². The third kappa shape index (κ3) is 3.93. The van der Waals surface area contributed by atoms with Crippen molar-refractivity contribution < 1.29 is 0 Å². The molecule has 1 aliphatic carbocycles. The van der Waals surface area contributed by atoms with Crippen LogP contribution in [0.5, 0.6) is 0 Å². The molecule has 0 nitrogen and oxygen atoms in total. The summed E-state index contributed by atoms with van der Waals surface area (Å²) < 4.78 is 0.